The normalized spacial score (nSPS) is 27.6. The van der Waals surface area contributed by atoms with Crippen LogP contribution in [0.1, 0.15) is 13.3 Å². The Labute approximate surface area is 49.3 Å². The van der Waals surface area contributed by atoms with Crippen molar-refractivity contribution >= 4 is 0 Å². The third kappa shape index (κ3) is 0.915. The second kappa shape index (κ2) is 2.03. The van der Waals surface area contributed by atoms with E-state index in [2.05, 4.69) is 6.08 Å². The van der Waals surface area contributed by atoms with E-state index < -0.39 is 0 Å². The van der Waals surface area contributed by atoms with Gasteiger partial charge in [-0.3, -0.25) is 0 Å². The van der Waals surface area contributed by atoms with Gasteiger partial charge in [-0.05, 0) is 12.5 Å². The first-order valence-electron chi connectivity index (χ1n) is 2.86. The summed E-state index contributed by atoms with van der Waals surface area (Å²) in [5.41, 5.74) is 0. The molecular weight excluding hydrogens is 100 g/mol. The molecule has 0 aromatic rings. The van der Waals surface area contributed by atoms with Crippen LogP contribution in [0.25, 0.3) is 0 Å². The van der Waals surface area contributed by atoms with Gasteiger partial charge in [0.25, 0.3) is 0 Å². The van der Waals surface area contributed by atoms with Crippen molar-refractivity contribution in [2.75, 3.05) is 0 Å². The summed E-state index contributed by atoms with van der Waals surface area (Å²) in [5.74, 6) is 0.747. The number of hydrogen-bond acceptors (Lipinski definition) is 1. The van der Waals surface area contributed by atoms with E-state index in [1.165, 1.54) is 0 Å². The highest BCUT2D eigenvalue weighted by molar-refractivity contribution is 5.12. The van der Waals surface area contributed by atoms with Crippen LogP contribution in [0, 0.1) is 5.92 Å². The van der Waals surface area contributed by atoms with Crippen LogP contribution >= 0.6 is 0 Å². The van der Waals surface area contributed by atoms with E-state index in [4.69, 9.17) is 5.11 Å². The van der Waals surface area contributed by atoms with E-state index in [1.54, 1.807) is 0 Å². The molecule has 1 N–H and O–H groups in total. The van der Waals surface area contributed by atoms with Crippen molar-refractivity contribution in [2.24, 2.45) is 5.92 Å². The number of allylic oxidation sites excluding steroid dienone is 3. The Morgan fingerprint density at radius 1 is 1.75 bits per heavy atom. The van der Waals surface area contributed by atoms with Crippen molar-refractivity contribution in [3.63, 3.8) is 0 Å². The smallest absolute Gasteiger partial charge is 0.0951 e. The van der Waals surface area contributed by atoms with E-state index in [0.717, 1.165) is 6.42 Å². The molecule has 1 rings (SSSR count). The third-order valence-corrected chi connectivity index (χ3v) is 1.35. The summed E-state index contributed by atoms with van der Waals surface area (Å²) < 4.78 is 0. The molecule has 1 heteroatoms. The zero-order valence-electron chi connectivity index (χ0n) is 4.96. The van der Waals surface area contributed by atoms with Gasteiger partial charge in [0, 0.05) is 5.92 Å². The Balaban J connectivity index is 2.63. The predicted molar refractivity (Wildman–Crippen MR) is 33.6 cm³/mol. The van der Waals surface area contributed by atoms with Crippen molar-refractivity contribution in [2.45, 2.75) is 13.3 Å². The van der Waals surface area contributed by atoms with Gasteiger partial charge in [-0.25, -0.2) is 0 Å². The van der Waals surface area contributed by atoms with Crippen molar-refractivity contribution in [1.29, 1.82) is 0 Å². The molecule has 0 aromatic carbocycles. The highest BCUT2D eigenvalue weighted by Gasteiger charge is 2.03. The van der Waals surface area contributed by atoms with Gasteiger partial charge >= 0.3 is 0 Å². The van der Waals surface area contributed by atoms with Crippen LogP contribution in [0.2, 0.25) is 0 Å². The minimum atomic E-state index is 0.240. The molecule has 0 fully saturated rings. The highest BCUT2D eigenvalue weighted by atomic mass is 16.3. The quantitative estimate of drug-likeness (QED) is 0.473. The molecule has 0 bridgehead atoms. The first-order chi connectivity index (χ1) is 3.80. The lowest BCUT2D eigenvalue weighted by Gasteiger charge is -2.07. The largest absolute Gasteiger partial charge is 0.512 e. The molecule has 1 atom stereocenters. The van der Waals surface area contributed by atoms with Crippen molar-refractivity contribution < 1.29 is 5.11 Å². The van der Waals surface area contributed by atoms with Crippen molar-refractivity contribution in [3.8, 4) is 0 Å². The van der Waals surface area contributed by atoms with E-state index >= 15 is 0 Å². The van der Waals surface area contributed by atoms with Gasteiger partial charge in [0.1, 0.15) is 0 Å². The van der Waals surface area contributed by atoms with E-state index in [-0.39, 0.29) is 5.92 Å². The number of rotatable bonds is 0. The van der Waals surface area contributed by atoms with Crippen LogP contribution in [0.3, 0.4) is 0 Å². The number of aliphatic hydroxyl groups is 1. The molecule has 0 radical (unpaired) electrons. The Morgan fingerprint density at radius 2 is 2.50 bits per heavy atom. The molecule has 0 aromatic heterocycles. The summed E-state index contributed by atoms with van der Waals surface area (Å²) >= 11 is 0. The van der Waals surface area contributed by atoms with Gasteiger partial charge in [0.2, 0.25) is 0 Å². The molecule has 0 aliphatic heterocycles. The number of hydrogen-bond donors (Lipinski definition) is 1. The van der Waals surface area contributed by atoms with Crippen molar-refractivity contribution in [3.05, 3.63) is 24.0 Å². The molecule has 0 saturated heterocycles. The molecule has 1 aliphatic rings. The van der Waals surface area contributed by atoms with Crippen molar-refractivity contribution in [1.82, 2.24) is 0 Å². The van der Waals surface area contributed by atoms with Gasteiger partial charge in [-0.1, -0.05) is 19.1 Å². The standard InChI is InChI=1S/C7H10O/c1-6-4-2-3-5-7(6)8/h2,4-6,8H,3H2,1H3/t6-/m0/s1. The fourth-order valence-electron chi connectivity index (χ4n) is 0.756. The Bertz CT molecular complexity index is 133. The summed E-state index contributed by atoms with van der Waals surface area (Å²) in [6.45, 7) is 1.97. The average molecular weight is 110 g/mol. The molecule has 0 heterocycles. The Morgan fingerprint density at radius 3 is 2.88 bits per heavy atom. The molecule has 8 heavy (non-hydrogen) atoms. The second-order valence-electron chi connectivity index (χ2n) is 2.08. The zero-order chi connectivity index (χ0) is 5.98. The summed E-state index contributed by atoms with van der Waals surface area (Å²) in [6.07, 6.45) is 6.79. The minimum absolute atomic E-state index is 0.240. The summed E-state index contributed by atoms with van der Waals surface area (Å²) in [5, 5.41) is 8.99. The van der Waals surface area contributed by atoms with Crippen LogP contribution in [0.15, 0.2) is 24.0 Å². The van der Waals surface area contributed by atoms with E-state index in [1.807, 2.05) is 19.1 Å². The molecule has 1 nitrogen and oxygen atoms in total. The lowest BCUT2D eigenvalue weighted by Crippen LogP contribution is -1.96. The molecular formula is C7H10O. The maximum absolute atomic E-state index is 8.99. The average Bonchev–Trinajstić information content (AvgIpc) is 1.77. The maximum atomic E-state index is 8.99. The van der Waals surface area contributed by atoms with Crippen LogP contribution in [-0.4, -0.2) is 5.11 Å². The molecule has 0 spiro atoms. The van der Waals surface area contributed by atoms with E-state index in [0.29, 0.717) is 5.76 Å². The molecule has 0 saturated carbocycles. The Hall–Kier alpha value is -0.720. The second-order valence-corrected chi connectivity index (χ2v) is 2.08. The summed E-state index contributed by atoms with van der Waals surface area (Å²) in [7, 11) is 0. The topological polar surface area (TPSA) is 20.2 Å². The predicted octanol–water partition coefficient (Wildman–Crippen LogP) is 2.02. The molecule has 44 valence electrons. The third-order valence-electron chi connectivity index (χ3n) is 1.35. The Kier molecular flexibility index (Phi) is 1.38. The first-order valence-corrected chi connectivity index (χ1v) is 2.86. The minimum Gasteiger partial charge on any atom is -0.512 e. The molecule has 1 aliphatic carbocycles. The summed E-state index contributed by atoms with van der Waals surface area (Å²) in [6, 6.07) is 0. The highest BCUT2D eigenvalue weighted by Crippen LogP contribution is 2.14. The summed E-state index contributed by atoms with van der Waals surface area (Å²) in [4.78, 5) is 0. The first kappa shape index (κ1) is 5.42. The van der Waals surface area contributed by atoms with Gasteiger partial charge in [-0.2, -0.15) is 0 Å². The monoisotopic (exact) mass is 110 g/mol. The SMILES string of the molecule is C[C@H]1C=CCC=C1O. The molecule has 0 amide bonds. The zero-order valence-corrected chi connectivity index (χ0v) is 4.96. The van der Waals surface area contributed by atoms with E-state index in [9.17, 15) is 0 Å². The van der Waals surface area contributed by atoms with Gasteiger partial charge in [0.05, 0.1) is 5.76 Å². The van der Waals surface area contributed by atoms with Crippen LogP contribution in [0.4, 0.5) is 0 Å². The maximum Gasteiger partial charge on any atom is 0.0951 e. The van der Waals surface area contributed by atoms with Gasteiger partial charge in [-0.15, -0.1) is 0 Å². The van der Waals surface area contributed by atoms with Crippen LogP contribution in [-0.2, 0) is 0 Å². The lowest BCUT2D eigenvalue weighted by atomic mass is 10.0. The number of aliphatic hydroxyl groups excluding tert-OH is 1. The van der Waals surface area contributed by atoms with Crippen LogP contribution < -0.4 is 0 Å². The molecule has 0 unspecified atom stereocenters. The van der Waals surface area contributed by atoms with Crippen LogP contribution in [0.5, 0.6) is 0 Å². The lowest BCUT2D eigenvalue weighted by molar-refractivity contribution is 0.360. The van der Waals surface area contributed by atoms with Gasteiger partial charge in [0.15, 0.2) is 0 Å². The fraction of sp³-hybridized carbons (Fsp3) is 0.429. The fourth-order valence-corrected chi connectivity index (χ4v) is 0.756. The van der Waals surface area contributed by atoms with Gasteiger partial charge < -0.3 is 5.11 Å².